The van der Waals surface area contributed by atoms with Gasteiger partial charge in [0.2, 0.25) is 0 Å². The van der Waals surface area contributed by atoms with E-state index in [1.807, 2.05) is 24.0 Å². The summed E-state index contributed by atoms with van der Waals surface area (Å²) in [6, 6.07) is 8.30. The van der Waals surface area contributed by atoms with Crippen molar-refractivity contribution in [2.24, 2.45) is 0 Å². The predicted molar refractivity (Wildman–Crippen MR) is 103 cm³/mol. The van der Waals surface area contributed by atoms with Crippen molar-refractivity contribution in [2.75, 3.05) is 26.7 Å². The van der Waals surface area contributed by atoms with Gasteiger partial charge in [-0.2, -0.15) is 0 Å². The highest BCUT2D eigenvalue weighted by Gasteiger charge is 2.21. The summed E-state index contributed by atoms with van der Waals surface area (Å²) in [4.78, 5) is 24.4. The maximum atomic E-state index is 12.4. The minimum Gasteiger partial charge on any atom is -0.375 e. The first-order chi connectivity index (χ1) is 12.7. The van der Waals surface area contributed by atoms with Gasteiger partial charge in [0.15, 0.2) is 0 Å². The van der Waals surface area contributed by atoms with Crippen molar-refractivity contribution in [3.63, 3.8) is 0 Å². The van der Waals surface area contributed by atoms with Crippen LogP contribution < -0.4 is 0 Å². The third-order valence-electron chi connectivity index (χ3n) is 4.67. The van der Waals surface area contributed by atoms with Gasteiger partial charge in [0, 0.05) is 49.4 Å². The molecular formula is C20H21N3O2S. The van der Waals surface area contributed by atoms with Gasteiger partial charge >= 0.3 is 0 Å². The lowest BCUT2D eigenvalue weighted by atomic mass is 10.0. The number of hydrogen-bond acceptors (Lipinski definition) is 6. The fourth-order valence-corrected chi connectivity index (χ4v) is 3.93. The number of nitrogens with zero attached hydrogens (tertiary/aromatic N) is 3. The lowest BCUT2D eigenvalue weighted by molar-refractivity contribution is -0.123. The van der Waals surface area contributed by atoms with Gasteiger partial charge in [0.05, 0.1) is 23.1 Å². The molecule has 0 aliphatic carbocycles. The Bertz CT molecular complexity index is 911. The third-order valence-corrected chi connectivity index (χ3v) is 5.49. The topological polar surface area (TPSA) is 55.3 Å². The molecule has 1 fully saturated rings. The highest BCUT2D eigenvalue weighted by atomic mass is 32.1. The molecular weight excluding hydrogens is 346 g/mol. The standard InChI is InChI=1S/C20H21N3O2S/c1-23-4-5-25-19(12-23)9-18(24)8-17-7-16-6-14(20-11-21-13-26-20)2-3-15(16)10-22-17/h2-3,6-7,10-11,13,19H,4-5,8-9,12H2,1H3. The van der Waals surface area contributed by atoms with E-state index in [4.69, 9.17) is 4.74 Å². The van der Waals surface area contributed by atoms with Crippen molar-refractivity contribution >= 4 is 27.9 Å². The predicted octanol–water partition coefficient (Wildman–Crippen LogP) is 3.19. The summed E-state index contributed by atoms with van der Waals surface area (Å²) in [6.45, 7) is 2.44. The second-order valence-corrected chi connectivity index (χ2v) is 7.66. The van der Waals surface area contributed by atoms with Crippen LogP contribution in [0.25, 0.3) is 21.2 Å². The number of carbonyl (C=O) groups excluding carboxylic acids is 1. The zero-order chi connectivity index (χ0) is 17.9. The second-order valence-electron chi connectivity index (χ2n) is 6.78. The van der Waals surface area contributed by atoms with Crippen molar-refractivity contribution in [3.8, 4) is 10.4 Å². The number of rotatable bonds is 5. The summed E-state index contributed by atoms with van der Waals surface area (Å²) in [5.41, 5.74) is 3.79. The molecule has 4 rings (SSSR count). The number of likely N-dealkylation sites (N-methyl/N-ethyl adjacent to an activating group) is 1. The van der Waals surface area contributed by atoms with Crippen LogP contribution in [0.2, 0.25) is 0 Å². The van der Waals surface area contributed by atoms with E-state index in [0.717, 1.165) is 40.0 Å². The fourth-order valence-electron chi connectivity index (χ4n) is 3.31. The number of Topliss-reactive ketones (excluding diaryl/α,β-unsaturated/α-hetero) is 1. The number of fused-ring (bicyclic) bond motifs is 1. The van der Waals surface area contributed by atoms with Crippen molar-refractivity contribution < 1.29 is 9.53 Å². The molecule has 1 unspecified atom stereocenters. The molecule has 6 heteroatoms. The molecule has 134 valence electrons. The highest BCUT2D eigenvalue weighted by Crippen LogP contribution is 2.27. The summed E-state index contributed by atoms with van der Waals surface area (Å²) < 4.78 is 5.70. The minimum absolute atomic E-state index is 0.000336. The molecule has 1 saturated heterocycles. The average molecular weight is 367 g/mol. The number of thiazole rings is 1. The van der Waals surface area contributed by atoms with E-state index < -0.39 is 0 Å². The van der Waals surface area contributed by atoms with Crippen LogP contribution in [0.5, 0.6) is 0 Å². The molecule has 0 bridgehead atoms. The molecule has 3 aromatic rings. The number of ketones is 1. The molecule has 0 N–H and O–H groups in total. The van der Waals surface area contributed by atoms with Crippen molar-refractivity contribution in [1.29, 1.82) is 0 Å². The van der Waals surface area contributed by atoms with Crippen LogP contribution in [0.3, 0.4) is 0 Å². The van der Waals surface area contributed by atoms with Crippen LogP contribution in [-0.4, -0.2) is 53.5 Å². The van der Waals surface area contributed by atoms with Gasteiger partial charge in [-0.3, -0.25) is 14.8 Å². The Kier molecular flexibility index (Phi) is 5.06. The van der Waals surface area contributed by atoms with Crippen LogP contribution in [0.4, 0.5) is 0 Å². The molecule has 1 atom stereocenters. The number of aromatic nitrogens is 2. The summed E-state index contributed by atoms with van der Waals surface area (Å²) in [6.07, 6.45) is 4.52. The van der Waals surface area contributed by atoms with Crippen molar-refractivity contribution in [1.82, 2.24) is 14.9 Å². The molecule has 2 aromatic heterocycles. The second kappa shape index (κ2) is 7.61. The van der Waals surface area contributed by atoms with E-state index in [9.17, 15) is 4.79 Å². The summed E-state index contributed by atoms with van der Waals surface area (Å²) in [5, 5.41) is 2.18. The first-order valence-electron chi connectivity index (χ1n) is 8.77. The SMILES string of the molecule is CN1CCOC(CC(=O)Cc2cc3cc(-c4cncs4)ccc3cn2)C1. The quantitative estimate of drug-likeness (QED) is 0.693. The molecule has 1 aliphatic rings. The molecule has 0 radical (unpaired) electrons. The van der Waals surface area contributed by atoms with Gasteiger partial charge in [-0.05, 0) is 30.1 Å². The lowest BCUT2D eigenvalue weighted by Gasteiger charge is -2.29. The average Bonchev–Trinajstić information content (AvgIpc) is 3.15. The number of benzene rings is 1. The van der Waals surface area contributed by atoms with Crippen molar-refractivity contribution in [2.45, 2.75) is 18.9 Å². The number of hydrogen-bond donors (Lipinski definition) is 0. The molecule has 0 spiro atoms. The van der Waals surface area contributed by atoms with Gasteiger partial charge in [-0.15, -0.1) is 11.3 Å². The zero-order valence-electron chi connectivity index (χ0n) is 14.7. The Morgan fingerprint density at radius 2 is 2.23 bits per heavy atom. The summed E-state index contributed by atoms with van der Waals surface area (Å²) in [5.74, 6) is 0.177. The van der Waals surface area contributed by atoms with Gasteiger partial charge < -0.3 is 9.64 Å². The Balaban J connectivity index is 1.48. The minimum atomic E-state index is -0.000336. The first-order valence-corrected chi connectivity index (χ1v) is 9.65. The van der Waals surface area contributed by atoms with E-state index in [1.54, 1.807) is 11.3 Å². The highest BCUT2D eigenvalue weighted by molar-refractivity contribution is 7.13. The van der Waals surface area contributed by atoms with Crippen LogP contribution >= 0.6 is 11.3 Å². The van der Waals surface area contributed by atoms with Gasteiger partial charge in [0.1, 0.15) is 5.78 Å². The van der Waals surface area contributed by atoms with Gasteiger partial charge in [-0.1, -0.05) is 12.1 Å². The fraction of sp³-hybridized carbons (Fsp3) is 0.350. The lowest BCUT2D eigenvalue weighted by Crippen LogP contribution is -2.41. The van der Waals surface area contributed by atoms with Crippen molar-refractivity contribution in [3.05, 3.63) is 47.9 Å². The van der Waals surface area contributed by atoms with Gasteiger partial charge in [0.25, 0.3) is 0 Å². The van der Waals surface area contributed by atoms with E-state index in [2.05, 4.69) is 40.1 Å². The van der Waals surface area contributed by atoms with Crippen LogP contribution in [0.1, 0.15) is 12.1 Å². The van der Waals surface area contributed by atoms with Crippen LogP contribution in [0.15, 0.2) is 42.2 Å². The largest absolute Gasteiger partial charge is 0.375 e. The molecule has 26 heavy (non-hydrogen) atoms. The number of ether oxygens (including phenoxy) is 1. The number of morpholine rings is 1. The van der Waals surface area contributed by atoms with Gasteiger partial charge in [-0.25, -0.2) is 0 Å². The number of carbonyl (C=O) groups is 1. The monoisotopic (exact) mass is 367 g/mol. The molecule has 0 saturated carbocycles. The zero-order valence-corrected chi connectivity index (χ0v) is 15.5. The Hall–Kier alpha value is -2.15. The third kappa shape index (κ3) is 3.98. The van der Waals surface area contributed by atoms with E-state index >= 15 is 0 Å². The maximum absolute atomic E-state index is 12.4. The van der Waals surface area contributed by atoms with Crippen LogP contribution in [0, 0.1) is 0 Å². The molecule has 0 amide bonds. The molecule has 3 heterocycles. The maximum Gasteiger partial charge on any atom is 0.141 e. The smallest absolute Gasteiger partial charge is 0.141 e. The Labute approximate surface area is 156 Å². The molecule has 1 aromatic carbocycles. The normalized spacial score (nSPS) is 18.3. The Morgan fingerprint density at radius 3 is 3.04 bits per heavy atom. The van der Waals surface area contributed by atoms with E-state index in [-0.39, 0.29) is 11.9 Å². The first kappa shape index (κ1) is 17.3. The van der Waals surface area contributed by atoms with Crippen LogP contribution in [-0.2, 0) is 16.0 Å². The van der Waals surface area contributed by atoms with E-state index in [1.165, 1.54) is 0 Å². The summed E-state index contributed by atoms with van der Waals surface area (Å²) >= 11 is 1.62. The molecule has 1 aliphatic heterocycles. The molecule has 5 nitrogen and oxygen atoms in total. The summed E-state index contributed by atoms with van der Waals surface area (Å²) in [7, 11) is 2.06. The number of pyridine rings is 1. The Morgan fingerprint density at radius 1 is 1.31 bits per heavy atom. The van der Waals surface area contributed by atoms with E-state index in [0.29, 0.717) is 19.4 Å².